The van der Waals surface area contributed by atoms with Gasteiger partial charge < -0.3 is 14.7 Å². The number of aromatic nitrogens is 4. The number of hydrogen-bond acceptors (Lipinski definition) is 9. The molecule has 0 radical (unpaired) electrons. The summed E-state index contributed by atoms with van der Waals surface area (Å²) in [6.45, 7) is 7.68. The van der Waals surface area contributed by atoms with Crippen LogP contribution >= 0.6 is 0 Å². The first kappa shape index (κ1) is 28.8. The topological polar surface area (TPSA) is 134 Å². The van der Waals surface area contributed by atoms with E-state index in [4.69, 9.17) is 9.57 Å². The van der Waals surface area contributed by atoms with E-state index >= 15 is 0 Å². The molecule has 11 heteroatoms. The number of nitrogens with one attached hydrogen (secondary N) is 1. The van der Waals surface area contributed by atoms with Crippen LogP contribution in [-0.2, 0) is 25.7 Å². The number of aliphatic carboxylic acids is 1. The fourth-order valence-electron chi connectivity index (χ4n) is 5.25. The molecule has 4 rings (SSSR count). The number of carboxylic acids is 1. The number of carbonyl (C=O) groups is 2. The Balaban J connectivity index is 1.72. The molecule has 1 unspecified atom stereocenters. The number of benzene rings is 2. The van der Waals surface area contributed by atoms with Crippen molar-refractivity contribution in [3.8, 4) is 22.5 Å². The van der Waals surface area contributed by atoms with Crippen molar-refractivity contribution in [2.45, 2.75) is 59.2 Å². The molecule has 0 amide bonds. The lowest BCUT2D eigenvalue weighted by atomic mass is 9.97. The van der Waals surface area contributed by atoms with Crippen molar-refractivity contribution in [3.05, 3.63) is 65.5 Å². The summed E-state index contributed by atoms with van der Waals surface area (Å²) in [6.07, 6.45) is 1.66. The lowest BCUT2D eigenvalue weighted by molar-refractivity contribution is -0.226. The zero-order valence-corrected chi connectivity index (χ0v) is 23.5. The van der Waals surface area contributed by atoms with E-state index in [2.05, 4.69) is 20.6 Å². The number of allylic oxidation sites excluding steroid dienone is 1. The monoisotopic (exact) mass is 548 g/mol. The Bertz CT molecular complexity index is 1360. The minimum atomic E-state index is -1.06. The van der Waals surface area contributed by atoms with Gasteiger partial charge in [0.25, 0.3) is 0 Å². The van der Waals surface area contributed by atoms with Gasteiger partial charge >= 0.3 is 11.9 Å². The van der Waals surface area contributed by atoms with Gasteiger partial charge in [0.15, 0.2) is 5.66 Å². The average molecular weight is 549 g/mol. The highest BCUT2D eigenvalue weighted by Gasteiger charge is 2.53. The van der Waals surface area contributed by atoms with Gasteiger partial charge in [-0.05, 0) is 34.7 Å². The summed E-state index contributed by atoms with van der Waals surface area (Å²) in [6, 6.07) is 15.7. The van der Waals surface area contributed by atoms with Crippen molar-refractivity contribution in [1.29, 1.82) is 0 Å². The van der Waals surface area contributed by atoms with E-state index in [1.165, 1.54) is 7.11 Å². The van der Waals surface area contributed by atoms with Gasteiger partial charge in [0, 0.05) is 12.1 Å². The van der Waals surface area contributed by atoms with Crippen molar-refractivity contribution in [2.24, 2.45) is 5.92 Å². The molecule has 2 heterocycles. The molecule has 1 aliphatic rings. The first-order valence-corrected chi connectivity index (χ1v) is 13.4. The quantitative estimate of drug-likeness (QED) is 0.309. The molecule has 1 aromatic heterocycles. The first-order valence-electron chi connectivity index (χ1n) is 13.4. The Kier molecular flexibility index (Phi) is 8.83. The predicted octanol–water partition coefficient (Wildman–Crippen LogP) is 4.61. The second-order valence-electron chi connectivity index (χ2n) is 9.99. The number of esters is 1. The van der Waals surface area contributed by atoms with E-state index in [9.17, 15) is 14.7 Å². The Morgan fingerprint density at radius 2 is 1.77 bits per heavy atom. The van der Waals surface area contributed by atoms with Crippen molar-refractivity contribution < 1.29 is 24.3 Å². The molecule has 0 saturated heterocycles. The van der Waals surface area contributed by atoms with E-state index in [-0.39, 0.29) is 30.7 Å². The lowest BCUT2D eigenvalue weighted by Crippen LogP contribution is -2.58. The Hall–Kier alpha value is -4.25. The number of hydrogen-bond donors (Lipinski definition) is 2. The van der Waals surface area contributed by atoms with Crippen LogP contribution in [0.1, 0.15) is 52.5 Å². The fourth-order valence-corrected chi connectivity index (χ4v) is 5.25. The first-order chi connectivity index (χ1) is 19.3. The predicted molar refractivity (Wildman–Crippen MR) is 148 cm³/mol. The van der Waals surface area contributed by atoms with Crippen LogP contribution in [0.4, 0.5) is 0 Å². The number of H-pyrrole nitrogens is 1. The fraction of sp³-hybridized carbons (Fsp3) is 0.414. The summed E-state index contributed by atoms with van der Waals surface area (Å²) in [4.78, 5) is 32.8. The molecular weight excluding hydrogens is 512 g/mol. The van der Waals surface area contributed by atoms with E-state index < -0.39 is 11.6 Å². The summed E-state index contributed by atoms with van der Waals surface area (Å²) in [5, 5.41) is 26.4. The molecule has 40 heavy (non-hydrogen) atoms. The van der Waals surface area contributed by atoms with Crippen LogP contribution in [0.2, 0.25) is 0 Å². The molecule has 0 saturated carbocycles. The van der Waals surface area contributed by atoms with Crippen LogP contribution < -0.4 is 0 Å². The van der Waals surface area contributed by atoms with E-state index in [0.29, 0.717) is 30.8 Å². The normalized spacial score (nSPS) is 17.1. The number of ether oxygens (including phenoxy) is 1. The van der Waals surface area contributed by atoms with E-state index in [0.717, 1.165) is 22.3 Å². The average Bonchev–Trinajstić information content (AvgIpc) is 3.58. The summed E-state index contributed by atoms with van der Waals surface area (Å²) in [7, 11) is 1.52. The number of rotatable bonds is 12. The SMILES string of the molecule is CCCC1(COC(=O)C(C)C)N(Cc2ccc(-c3ccccc3-c3nn[nH]n3)cc2)C(C(=O)O)=C(CC)N1OC. The number of nitrogens with zero attached hydrogens (tertiary/aromatic N) is 5. The summed E-state index contributed by atoms with van der Waals surface area (Å²) >= 11 is 0. The molecular formula is C29H36N6O5. The summed E-state index contributed by atoms with van der Waals surface area (Å²) in [5.74, 6) is -1.22. The molecule has 2 N–H and O–H groups in total. The van der Waals surface area contributed by atoms with Gasteiger partial charge in [-0.15, -0.1) is 10.2 Å². The minimum absolute atomic E-state index is 0.0396. The second-order valence-corrected chi connectivity index (χ2v) is 9.99. The van der Waals surface area contributed by atoms with Crippen LogP contribution in [-0.4, -0.2) is 67.0 Å². The third-order valence-corrected chi connectivity index (χ3v) is 7.08. The van der Waals surface area contributed by atoms with Crippen molar-refractivity contribution >= 4 is 11.9 Å². The van der Waals surface area contributed by atoms with Crippen LogP contribution in [0.15, 0.2) is 59.9 Å². The lowest BCUT2D eigenvalue weighted by Gasteiger charge is -2.45. The van der Waals surface area contributed by atoms with Crippen LogP contribution in [0.5, 0.6) is 0 Å². The highest BCUT2D eigenvalue weighted by molar-refractivity contribution is 5.87. The van der Waals surface area contributed by atoms with Gasteiger partial charge in [-0.2, -0.15) is 5.21 Å². The van der Waals surface area contributed by atoms with Gasteiger partial charge in [0.05, 0.1) is 18.7 Å². The minimum Gasteiger partial charge on any atom is -0.477 e. The van der Waals surface area contributed by atoms with Crippen molar-refractivity contribution in [3.63, 3.8) is 0 Å². The number of carboxylic acid groups (broad SMARTS) is 1. The molecule has 1 atom stereocenters. The maximum Gasteiger partial charge on any atom is 0.354 e. The number of hydroxylamine groups is 2. The van der Waals surface area contributed by atoms with Crippen molar-refractivity contribution in [2.75, 3.05) is 13.7 Å². The van der Waals surface area contributed by atoms with Crippen molar-refractivity contribution in [1.82, 2.24) is 30.6 Å². The maximum atomic E-state index is 12.7. The molecule has 0 aliphatic carbocycles. The number of tetrazole rings is 1. The standard InChI is InChI=1S/C29H36N6O5/c1-6-16-29(18-40-28(38)19(3)4)34(25(27(36)37)24(7-2)35(29)39-5)17-20-12-14-21(15-13-20)22-10-8-9-11-23(22)26-30-32-33-31-26/h8-15,19H,6-7,16-18H2,1-5H3,(H,36,37)(H,30,31,32,33). The smallest absolute Gasteiger partial charge is 0.354 e. The second kappa shape index (κ2) is 12.3. The van der Waals surface area contributed by atoms with Gasteiger partial charge in [0.1, 0.15) is 12.3 Å². The van der Waals surface area contributed by atoms with Gasteiger partial charge in [-0.25, -0.2) is 9.86 Å². The molecule has 212 valence electrons. The Morgan fingerprint density at radius 3 is 2.33 bits per heavy atom. The molecule has 0 fully saturated rings. The van der Waals surface area contributed by atoms with Crippen LogP contribution in [0.25, 0.3) is 22.5 Å². The number of carbonyl (C=O) groups excluding carboxylic acids is 1. The molecule has 1 aliphatic heterocycles. The molecule has 2 aromatic carbocycles. The van der Waals surface area contributed by atoms with Gasteiger partial charge in [0.2, 0.25) is 5.82 Å². The largest absolute Gasteiger partial charge is 0.477 e. The van der Waals surface area contributed by atoms with E-state index in [1.807, 2.05) is 67.3 Å². The Morgan fingerprint density at radius 1 is 1.07 bits per heavy atom. The highest BCUT2D eigenvalue weighted by Crippen LogP contribution is 2.44. The van der Waals surface area contributed by atoms with Gasteiger partial charge in [-0.3, -0.25) is 9.63 Å². The molecule has 11 nitrogen and oxygen atoms in total. The maximum absolute atomic E-state index is 12.7. The molecule has 0 spiro atoms. The summed E-state index contributed by atoms with van der Waals surface area (Å²) in [5.41, 5.74) is 3.30. The zero-order valence-electron chi connectivity index (χ0n) is 23.5. The van der Waals surface area contributed by atoms with Crippen LogP contribution in [0.3, 0.4) is 0 Å². The zero-order chi connectivity index (χ0) is 28.9. The van der Waals surface area contributed by atoms with Gasteiger partial charge in [-0.1, -0.05) is 82.6 Å². The molecule has 3 aromatic rings. The summed E-state index contributed by atoms with van der Waals surface area (Å²) < 4.78 is 5.75. The molecule has 0 bridgehead atoms. The third kappa shape index (κ3) is 5.42. The highest BCUT2D eigenvalue weighted by atomic mass is 16.7. The van der Waals surface area contributed by atoms with Crippen LogP contribution in [0, 0.1) is 5.92 Å². The van der Waals surface area contributed by atoms with E-state index in [1.54, 1.807) is 18.9 Å². The number of aromatic amines is 1. The third-order valence-electron chi connectivity index (χ3n) is 7.08. The Labute approximate surface area is 233 Å².